The summed E-state index contributed by atoms with van der Waals surface area (Å²) in [5.74, 6) is 0.528. The van der Waals surface area contributed by atoms with E-state index in [0.717, 1.165) is 5.56 Å². The highest BCUT2D eigenvalue weighted by Crippen LogP contribution is 2.45. The van der Waals surface area contributed by atoms with E-state index in [4.69, 9.17) is 9.47 Å². The second-order valence-electron chi connectivity index (χ2n) is 4.40. The molecule has 3 nitrogen and oxygen atoms in total. The highest BCUT2D eigenvalue weighted by molar-refractivity contribution is 5.49. The summed E-state index contributed by atoms with van der Waals surface area (Å²) in [4.78, 5) is 0. The molecule has 16 heavy (non-hydrogen) atoms. The topological polar surface area (TPSA) is 38.7 Å². The number of phenolic OH excluding ortho intramolecular Hbond substituents is 1. The number of ether oxygens (including phenoxy) is 2. The third-order valence-corrected chi connectivity index (χ3v) is 3.38. The van der Waals surface area contributed by atoms with Gasteiger partial charge in [-0.05, 0) is 6.07 Å². The van der Waals surface area contributed by atoms with Gasteiger partial charge < -0.3 is 14.6 Å². The van der Waals surface area contributed by atoms with Crippen LogP contribution in [-0.2, 0) is 11.2 Å². The van der Waals surface area contributed by atoms with Gasteiger partial charge in [0.1, 0.15) is 5.60 Å². The predicted molar refractivity (Wildman–Crippen MR) is 55.5 cm³/mol. The normalized spacial score (nSPS) is 32.4. The molecule has 2 atom stereocenters. The van der Waals surface area contributed by atoms with Gasteiger partial charge in [-0.15, -0.1) is 0 Å². The number of alkyl halides is 1. The van der Waals surface area contributed by atoms with Crippen LogP contribution in [0.2, 0.25) is 0 Å². The molecule has 2 unspecified atom stereocenters. The fourth-order valence-electron chi connectivity index (χ4n) is 2.44. The third kappa shape index (κ3) is 1.29. The molecule has 1 fully saturated rings. The summed E-state index contributed by atoms with van der Waals surface area (Å²) in [7, 11) is 0. The van der Waals surface area contributed by atoms with Crippen molar-refractivity contribution in [1.29, 1.82) is 0 Å². The molecule has 3 rings (SSSR count). The van der Waals surface area contributed by atoms with Gasteiger partial charge in [0.25, 0.3) is 0 Å². The van der Waals surface area contributed by atoms with Crippen LogP contribution >= 0.6 is 0 Å². The van der Waals surface area contributed by atoms with Gasteiger partial charge in [-0.2, -0.15) is 0 Å². The van der Waals surface area contributed by atoms with E-state index < -0.39 is 11.8 Å². The number of fused-ring (bicyclic) bond motifs is 1. The Kier molecular flexibility index (Phi) is 2.07. The molecule has 2 aliphatic rings. The molecule has 0 aliphatic carbocycles. The van der Waals surface area contributed by atoms with Crippen molar-refractivity contribution >= 4 is 0 Å². The lowest BCUT2D eigenvalue weighted by Gasteiger charge is -2.35. The van der Waals surface area contributed by atoms with Gasteiger partial charge in [0.2, 0.25) is 0 Å². The predicted octanol–water partition coefficient (Wildman–Crippen LogP) is 1.82. The molecule has 4 heteroatoms. The minimum atomic E-state index is -1.13. The molecule has 2 aliphatic heterocycles. The Morgan fingerprint density at radius 2 is 2.31 bits per heavy atom. The number of hydrogen-bond donors (Lipinski definition) is 1. The molecule has 0 radical (unpaired) electrons. The van der Waals surface area contributed by atoms with Crippen molar-refractivity contribution in [3.8, 4) is 11.5 Å². The molecular formula is C12H13FO3. The first-order chi connectivity index (χ1) is 7.71. The summed E-state index contributed by atoms with van der Waals surface area (Å²) in [6.45, 7) is 0.587. The molecule has 1 N–H and O–H groups in total. The summed E-state index contributed by atoms with van der Waals surface area (Å²) < 4.78 is 24.7. The second kappa shape index (κ2) is 3.35. The quantitative estimate of drug-likeness (QED) is 0.730. The lowest BCUT2D eigenvalue weighted by molar-refractivity contribution is -0.0959. The lowest BCUT2D eigenvalue weighted by atomic mass is 9.88. The SMILES string of the molecule is Oc1cccc2c1OC1(CCOCC1F)C2. The van der Waals surface area contributed by atoms with Crippen molar-refractivity contribution in [3.63, 3.8) is 0 Å². The van der Waals surface area contributed by atoms with Crippen LogP contribution < -0.4 is 4.74 Å². The van der Waals surface area contributed by atoms with Crippen LogP contribution in [0.5, 0.6) is 11.5 Å². The zero-order valence-corrected chi connectivity index (χ0v) is 8.78. The van der Waals surface area contributed by atoms with Crippen LogP contribution in [0.1, 0.15) is 12.0 Å². The summed E-state index contributed by atoms with van der Waals surface area (Å²) in [6.07, 6.45) is -0.0863. The smallest absolute Gasteiger partial charge is 0.165 e. The van der Waals surface area contributed by atoms with Gasteiger partial charge in [-0.3, -0.25) is 0 Å². The van der Waals surface area contributed by atoms with Gasteiger partial charge in [-0.1, -0.05) is 12.1 Å². The maximum Gasteiger partial charge on any atom is 0.165 e. The van der Waals surface area contributed by atoms with Crippen LogP contribution in [0.3, 0.4) is 0 Å². The number of rotatable bonds is 0. The van der Waals surface area contributed by atoms with Gasteiger partial charge in [-0.25, -0.2) is 4.39 Å². The molecule has 0 bridgehead atoms. The van der Waals surface area contributed by atoms with Crippen LogP contribution in [0.25, 0.3) is 0 Å². The summed E-state index contributed by atoms with van der Waals surface area (Å²) >= 11 is 0. The Balaban J connectivity index is 1.97. The second-order valence-corrected chi connectivity index (χ2v) is 4.40. The van der Waals surface area contributed by atoms with E-state index in [0.29, 0.717) is 25.2 Å². The van der Waals surface area contributed by atoms with Crippen LogP contribution in [-0.4, -0.2) is 30.1 Å². The van der Waals surface area contributed by atoms with Gasteiger partial charge in [0.05, 0.1) is 13.2 Å². The van der Waals surface area contributed by atoms with E-state index in [-0.39, 0.29) is 12.4 Å². The maximum absolute atomic E-state index is 13.9. The zero-order valence-electron chi connectivity index (χ0n) is 8.78. The number of hydrogen-bond acceptors (Lipinski definition) is 3. The number of benzene rings is 1. The molecule has 0 aromatic heterocycles. The van der Waals surface area contributed by atoms with Gasteiger partial charge in [0, 0.05) is 18.4 Å². The number of para-hydroxylation sites is 1. The van der Waals surface area contributed by atoms with Crippen molar-refractivity contribution in [3.05, 3.63) is 23.8 Å². The fraction of sp³-hybridized carbons (Fsp3) is 0.500. The Bertz CT molecular complexity index is 421. The Hall–Kier alpha value is -1.29. The standard InChI is InChI=1S/C12H13FO3/c13-10-7-15-5-4-12(10)6-8-2-1-3-9(14)11(8)16-12/h1-3,10,14H,4-7H2. The minimum absolute atomic E-state index is 0.0781. The molecule has 1 aromatic carbocycles. The summed E-state index contributed by atoms with van der Waals surface area (Å²) in [5.41, 5.74) is 0.0592. The lowest BCUT2D eigenvalue weighted by Crippen LogP contribution is -2.50. The molecule has 1 spiro atoms. The summed E-state index contributed by atoms with van der Waals surface area (Å²) in [6, 6.07) is 5.18. The molecular weight excluding hydrogens is 211 g/mol. The molecule has 1 aromatic rings. The Morgan fingerprint density at radius 3 is 3.06 bits per heavy atom. The number of aromatic hydroxyl groups is 1. The maximum atomic E-state index is 13.9. The zero-order chi connectivity index (χ0) is 11.2. The molecule has 2 heterocycles. The largest absolute Gasteiger partial charge is 0.504 e. The molecule has 0 saturated carbocycles. The number of phenols is 1. The van der Waals surface area contributed by atoms with Crippen molar-refractivity contribution in [2.75, 3.05) is 13.2 Å². The van der Waals surface area contributed by atoms with E-state index in [1.807, 2.05) is 6.07 Å². The summed E-state index contributed by atoms with van der Waals surface area (Å²) in [5, 5.41) is 9.65. The van der Waals surface area contributed by atoms with Crippen molar-refractivity contribution in [2.45, 2.75) is 24.6 Å². The van der Waals surface area contributed by atoms with Crippen LogP contribution in [0.15, 0.2) is 18.2 Å². The van der Waals surface area contributed by atoms with Crippen LogP contribution in [0.4, 0.5) is 4.39 Å². The Labute approximate surface area is 92.8 Å². The van der Waals surface area contributed by atoms with E-state index in [1.165, 1.54) is 0 Å². The number of halogens is 1. The van der Waals surface area contributed by atoms with Crippen LogP contribution in [0, 0.1) is 0 Å². The monoisotopic (exact) mass is 224 g/mol. The molecule has 1 saturated heterocycles. The third-order valence-electron chi connectivity index (χ3n) is 3.38. The van der Waals surface area contributed by atoms with E-state index >= 15 is 0 Å². The van der Waals surface area contributed by atoms with Crippen molar-refractivity contribution in [1.82, 2.24) is 0 Å². The first-order valence-corrected chi connectivity index (χ1v) is 5.43. The average Bonchev–Trinajstić information content (AvgIpc) is 2.64. The highest BCUT2D eigenvalue weighted by Gasteiger charge is 2.49. The highest BCUT2D eigenvalue weighted by atomic mass is 19.1. The first-order valence-electron chi connectivity index (χ1n) is 5.43. The minimum Gasteiger partial charge on any atom is -0.504 e. The van der Waals surface area contributed by atoms with Crippen molar-refractivity contribution in [2.24, 2.45) is 0 Å². The molecule has 86 valence electrons. The van der Waals surface area contributed by atoms with Gasteiger partial charge >= 0.3 is 0 Å². The Morgan fingerprint density at radius 1 is 1.44 bits per heavy atom. The average molecular weight is 224 g/mol. The van der Waals surface area contributed by atoms with E-state index in [1.54, 1.807) is 12.1 Å². The first kappa shape index (κ1) is 9.90. The van der Waals surface area contributed by atoms with E-state index in [9.17, 15) is 9.50 Å². The van der Waals surface area contributed by atoms with E-state index in [2.05, 4.69) is 0 Å². The van der Waals surface area contributed by atoms with Crippen molar-refractivity contribution < 1.29 is 19.0 Å². The van der Waals surface area contributed by atoms with Gasteiger partial charge in [0.15, 0.2) is 17.7 Å². The molecule has 0 amide bonds. The fourth-order valence-corrected chi connectivity index (χ4v) is 2.44.